The molecule has 4 heterocycles. The minimum Gasteiger partial charge on any atom is -0.475 e. The van der Waals surface area contributed by atoms with Gasteiger partial charge in [-0.05, 0) is 43.7 Å². The Labute approximate surface area is 157 Å². The van der Waals surface area contributed by atoms with Gasteiger partial charge in [0.15, 0.2) is 0 Å². The van der Waals surface area contributed by atoms with Gasteiger partial charge < -0.3 is 18.4 Å². The lowest BCUT2D eigenvalue weighted by atomic mass is 10.2. The zero-order valence-corrected chi connectivity index (χ0v) is 15.2. The van der Waals surface area contributed by atoms with Crippen LogP contribution in [0.4, 0.5) is 0 Å². The zero-order valence-electron chi connectivity index (χ0n) is 15.2. The van der Waals surface area contributed by atoms with Gasteiger partial charge in [0.2, 0.25) is 17.6 Å². The number of likely N-dealkylation sites (tertiary alicyclic amines) is 1. The minimum atomic E-state index is 0.0888. The Morgan fingerprint density at radius 1 is 1.26 bits per heavy atom. The Morgan fingerprint density at radius 3 is 3.07 bits per heavy atom. The van der Waals surface area contributed by atoms with Gasteiger partial charge in [-0.1, -0.05) is 5.16 Å². The molecule has 3 aromatic heterocycles. The quantitative estimate of drug-likeness (QED) is 0.559. The Balaban J connectivity index is 1.51. The summed E-state index contributed by atoms with van der Waals surface area (Å²) in [6, 6.07) is 7.67. The summed E-state index contributed by atoms with van der Waals surface area (Å²) in [6.45, 7) is 2.59. The SMILES string of the molecule is COCCOc1ncccc1-c1noc([C@@H]2CCCN2Cc2ccco2)n1. The Morgan fingerprint density at radius 2 is 2.22 bits per heavy atom. The third-order valence-corrected chi connectivity index (χ3v) is 4.57. The van der Waals surface area contributed by atoms with Crippen molar-refractivity contribution in [2.24, 2.45) is 0 Å². The predicted molar refractivity (Wildman–Crippen MR) is 96.0 cm³/mol. The highest BCUT2D eigenvalue weighted by atomic mass is 16.5. The molecule has 0 unspecified atom stereocenters. The first-order valence-electron chi connectivity index (χ1n) is 9.02. The number of furan rings is 1. The van der Waals surface area contributed by atoms with E-state index in [2.05, 4.69) is 20.0 Å². The summed E-state index contributed by atoms with van der Waals surface area (Å²) < 4.78 is 21.8. The van der Waals surface area contributed by atoms with Crippen molar-refractivity contribution in [1.29, 1.82) is 0 Å². The van der Waals surface area contributed by atoms with Crippen molar-refractivity contribution in [2.45, 2.75) is 25.4 Å². The third-order valence-electron chi connectivity index (χ3n) is 4.57. The van der Waals surface area contributed by atoms with Crippen molar-refractivity contribution in [3.05, 3.63) is 48.4 Å². The maximum Gasteiger partial charge on any atom is 0.244 e. The molecule has 1 aliphatic heterocycles. The summed E-state index contributed by atoms with van der Waals surface area (Å²) in [5.41, 5.74) is 0.708. The van der Waals surface area contributed by atoms with Crippen LogP contribution in [0, 0.1) is 0 Å². The number of hydrogen-bond donors (Lipinski definition) is 0. The lowest BCUT2D eigenvalue weighted by Crippen LogP contribution is -2.22. The first-order valence-corrected chi connectivity index (χ1v) is 9.02. The maximum atomic E-state index is 5.68. The molecule has 0 N–H and O–H groups in total. The van der Waals surface area contributed by atoms with Crippen LogP contribution in [0.2, 0.25) is 0 Å². The fraction of sp³-hybridized carbons (Fsp3) is 0.421. The van der Waals surface area contributed by atoms with Crippen molar-refractivity contribution in [2.75, 3.05) is 26.9 Å². The second kappa shape index (κ2) is 8.32. The van der Waals surface area contributed by atoms with E-state index in [1.807, 2.05) is 24.3 Å². The fourth-order valence-corrected chi connectivity index (χ4v) is 3.28. The highest BCUT2D eigenvalue weighted by Gasteiger charge is 2.31. The molecule has 0 radical (unpaired) electrons. The number of rotatable bonds is 8. The minimum absolute atomic E-state index is 0.0888. The van der Waals surface area contributed by atoms with E-state index in [1.54, 1.807) is 19.6 Å². The van der Waals surface area contributed by atoms with Crippen molar-refractivity contribution in [3.63, 3.8) is 0 Å². The number of aromatic nitrogens is 3. The van der Waals surface area contributed by atoms with E-state index >= 15 is 0 Å². The first kappa shape index (κ1) is 17.7. The average molecular weight is 370 g/mol. The van der Waals surface area contributed by atoms with Crippen LogP contribution in [0.25, 0.3) is 11.4 Å². The molecule has 142 valence electrons. The van der Waals surface area contributed by atoms with E-state index in [0.29, 0.717) is 36.4 Å². The van der Waals surface area contributed by atoms with Crippen molar-refractivity contribution in [3.8, 4) is 17.3 Å². The molecule has 27 heavy (non-hydrogen) atoms. The van der Waals surface area contributed by atoms with E-state index < -0.39 is 0 Å². The molecule has 1 saturated heterocycles. The molecule has 1 atom stereocenters. The number of methoxy groups -OCH3 is 1. The molecule has 0 aliphatic carbocycles. The van der Waals surface area contributed by atoms with Crippen LogP contribution in [0.15, 0.2) is 45.7 Å². The molecule has 0 aromatic carbocycles. The first-order chi connectivity index (χ1) is 13.3. The summed E-state index contributed by atoms with van der Waals surface area (Å²) in [5.74, 6) is 2.50. The summed E-state index contributed by atoms with van der Waals surface area (Å²) in [5, 5.41) is 4.16. The highest BCUT2D eigenvalue weighted by molar-refractivity contribution is 5.60. The third kappa shape index (κ3) is 4.01. The average Bonchev–Trinajstić information content (AvgIpc) is 3.44. The Kier molecular flexibility index (Phi) is 5.45. The van der Waals surface area contributed by atoms with E-state index in [-0.39, 0.29) is 6.04 Å². The van der Waals surface area contributed by atoms with E-state index in [9.17, 15) is 0 Å². The smallest absolute Gasteiger partial charge is 0.244 e. The molecule has 1 fully saturated rings. The standard InChI is InChI=1S/C19H22N4O4/c1-24-11-12-26-18-15(6-2-8-20-18)17-21-19(27-22-17)16-7-3-9-23(16)13-14-5-4-10-25-14/h2,4-6,8,10,16H,3,7,9,11-13H2,1H3/t16-/m0/s1. The largest absolute Gasteiger partial charge is 0.475 e. The molecule has 0 saturated carbocycles. The van der Waals surface area contributed by atoms with E-state index in [0.717, 1.165) is 31.7 Å². The molecule has 8 heteroatoms. The normalized spacial score (nSPS) is 17.4. The van der Waals surface area contributed by atoms with Gasteiger partial charge in [-0.2, -0.15) is 4.98 Å². The van der Waals surface area contributed by atoms with Gasteiger partial charge >= 0.3 is 0 Å². The van der Waals surface area contributed by atoms with Crippen LogP contribution in [-0.4, -0.2) is 46.9 Å². The summed E-state index contributed by atoms with van der Waals surface area (Å²) in [7, 11) is 1.63. The predicted octanol–water partition coefficient (Wildman–Crippen LogP) is 3.09. The monoisotopic (exact) mass is 370 g/mol. The number of pyridine rings is 1. The Hall–Kier alpha value is -2.71. The lowest BCUT2D eigenvalue weighted by Gasteiger charge is -2.19. The molecule has 8 nitrogen and oxygen atoms in total. The van der Waals surface area contributed by atoms with Crippen molar-refractivity contribution < 1.29 is 18.4 Å². The van der Waals surface area contributed by atoms with E-state index in [4.69, 9.17) is 18.4 Å². The van der Waals surface area contributed by atoms with Gasteiger partial charge in [-0.25, -0.2) is 4.98 Å². The summed E-state index contributed by atoms with van der Waals surface area (Å²) >= 11 is 0. The Bertz CT molecular complexity index is 849. The van der Waals surface area contributed by atoms with Gasteiger partial charge in [0.05, 0.1) is 31.0 Å². The number of hydrogen-bond acceptors (Lipinski definition) is 8. The van der Waals surface area contributed by atoms with Crippen LogP contribution < -0.4 is 4.74 Å². The molecular weight excluding hydrogens is 348 g/mol. The number of ether oxygens (including phenoxy) is 2. The van der Waals surface area contributed by atoms with Gasteiger partial charge in [0.25, 0.3) is 0 Å². The molecule has 1 aliphatic rings. The molecule has 3 aromatic rings. The highest BCUT2D eigenvalue weighted by Crippen LogP contribution is 2.34. The van der Waals surface area contributed by atoms with E-state index in [1.165, 1.54) is 0 Å². The lowest BCUT2D eigenvalue weighted by molar-refractivity contribution is 0.144. The molecular formula is C19H22N4O4. The van der Waals surface area contributed by atoms with Gasteiger partial charge in [-0.3, -0.25) is 4.90 Å². The van der Waals surface area contributed by atoms with Crippen molar-refractivity contribution in [1.82, 2.24) is 20.0 Å². The molecule has 4 rings (SSSR count). The maximum absolute atomic E-state index is 5.68. The van der Waals surface area contributed by atoms with Gasteiger partial charge in [0.1, 0.15) is 12.4 Å². The van der Waals surface area contributed by atoms with Crippen LogP contribution in [0.5, 0.6) is 5.88 Å². The fourth-order valence-electron chi connectivity index (χ4n) is 3.28. The second-order valence-electron chi connectivity index (χ2n) is 6.36. The number of nitrogens with zero attached hydrogens (tertiary/aromatic N) is 4. The van der Waals surface area contributed by atoms with Crippen LogP contribution in [0.1, 0.15) is 30.5 Å². The zero-order chi connectivity index (χ0) is 18.5. The molecule has 0 amide bonds. The van der Waals surface area contributed by atoms with Crippen LogP contribution >= 0.6 is 0 Å². The summed E-state index contributed by atoms with van der Waals surface area (Å²) in [4.78, 5) is 11.2. The molecule has 0 spiro atoms. The topological polar surface area (TPSA) is 86.7 Å². The second-order valence-corrected chi connectivity index (χ2v) is 6.36. The van der Waals surface area contributed by atoms with Crippen LogP contribution in [-0.2, 0) is 11.3 Å². The van der Waals surface area contributed by atoms with Crippen LogP contribution in [0.3, 0.4) is 0 Å². The van der Waals surface area contributed by atoms with Crippen molar-refractivity contribution >= 4 is 0 Å². The molecule has 0 bridgehead atoms. The van der Waals surface area contributed by atoms with Gasteiger partial charge in [-0.15, -0.1) is 0 Å². The van der Waals surface area contributed by atoms with Gasteiger partial charge in [0, 0.05) is 13.3 Å². The summed E-state index contributed by atoms with van der Waals surface area (Å²) in [6.07, 6.45) is 5.43.